The third kappa shape index (κ3) is 4.61. The van der Waals surface area contributed by atoms with Crippen LogP contribution in [0.3, 0.4) is 0 Å². The summed E-state index contributed by atoms with van der Waals surface area (Å²) in [6.07, 6.45) is 1.36. The minimum atomic E-state index is -0.264. The SMILES string of the molecule is CC(=O)Nc1ccc(CC[C@H](C)O)cc1. The second-order valence-corrected chi connectivity index (χ2v) is 3.77. The molecule has 0 spiro atoms. The molecule has 0 fully saturated rings. The van der Waals surface area contributed by atoms with Crippen molar-refractivity contribution >= 4 is 11.6 Å². The second kappa shape index (κ2) is 5.51. The Hall–Kier alpha value is -1.35. The van der Waals surface area contributed by atoms with E-state index in [9.17, 15) is 4.79 Å². The third-order valence-electron chi connectivity index (χ3n) is 2.13. The molecule has 82 valence electrons. The highest BCUT2D eigenvalue weighted by molar-refractivity contribution is 5.88. The molecule has 0 aliphatic carbocycles. The lowest BCUT2D eigenvalue weighted by atomic mass is 10.1. The number of amides is 1. The number of carbonyl (C=O) groups is 1. The standard InChI is InChI=1S/C12H17NO2/c1-9(14)3-4-11-5-7-12(8-6-11)13-10(2)15/h5-9,14H,3-4H2,1-2H3,(H,13,15)/t9-/m0/s1. The molecule has 3 nitrogen and oxygen atoms in total. The van der Waals surface area contributed by atoms with Gasteiger partial charge in [0.25, 0.3) is 0 Å². The van der Waals surface area contributed by atoms with Gasteiger partial charge in [0.05, 0.1) is 6.10 Å². The van der Waals surface area contributed by atoms with Crippen molar-refractivity contribution in [1.82, 2.24) is 0 Å². The van der Waals surface area contributed by atoms with Gasteiger partial charge in [-0.3, -0.25) is 4.79 Å². The van der Waals surface area contributed by atoms with Gasteiger partial charge in [0.2, 0.25) is 5.91 Å². The minimum Gasteiger partial charge on any atom is -0.393 e. The summed E-state index contributed by atoms with van der Waals surface area (Å²) in [5, 5.41) is 11.8. The molecule has 15 heavy (non-hydrogen) atoms. The lowest BCUT2D eigenvalue weighted by Gasteiger charge is -2.06. The summed E-state index contributed by atoms with van der Waals surface area (Å²) >= 11 is 0. The molecule has 1 atom stereocenters. The van der Waals surface area contributed by atoms with Gasteiger partial charge < -0.3 is 10.4 Å². The molecule has 0 saturated heterocycles. The first-order chi connectivity index (χ1) is 7.08. The largest absolute Gasteiger partial charge is 0.393 e. The molecule has 3 heteroatoms. The van der Waals surface area contributed by atoms with E-state index < -0.39 is 0 Å². The van der Waals surface area contributed by atoms with Gasteiger partial charge in [-0.15, -0.1) is 0 Å². The number of hydrogen-bond acceptors (Lipinski definition) is 2. The fourth-order valence-electron chi connectivity index (χ4n) is 1.33. The molecule has 0 heterocycles. The highest BCUT2D eigenvalue weighted by Gasteiger charge is 1.99. The molecule has 0 unspecified atom stereocenters. The lowest BCUT2D eigenvalue weighted by molar-refractivity contribution is -0.114. The van der Waals surface area contributed by atoms with Crippen LogP contribution in [-0.4, -0.2) is 17.1 Å². The van der Waals surface area contributed by atoms with Crippen LogP contribution < -0.4 is 5.32 Å². The van der Waals surface area contributed by atoms with Crippen LogP contribution in [0.4, 0.5) is 5.69 Å². The van der Waals surface area contributed by atoms with Crippen molar-refractivity contribution < 1.29 is 9.90 Å². The van der Waals surface area contributed by atoms with Crippen LogP contribution in [0.25, 0.3) is 0 Å². The molecular weight excluding hydrogens is 190 g/mol. The zero-order chi connectivity index (χ0) is 11.3. The van der Waals surface area contributed by atoms with Crippen molar-refractivity contribution in [1.29, 1.82) is 0 Å². The number of hydrogen-bond donors (Lipinski definition) is 2. The summed E-state index contributed by atoms with van der Waals surface area (Å²) in [5.41, 5.74) is 1.98. The van der Waals surface area contributed by atoms with E-state index in [1.807, 2.05) is 24.3 Å². The normalized spacial score (nSPS) is 12.2. The average Bonchev–Trinajstić information content (AvgIpc) is 2.16. The van der Waals surface area contributed by atoms with Gasteiger partial charge in [-0.1, -0.05) is 12.1 Å². The van der Waals surface area contributed by atoms with Crippen LogP contribution in [0, 0.1) is 0 Å². The Balaban J connectivity index is 2.52. The summed E-state index contributed by atoms with van der Waals surface area (Å²) in [4.78, 5) is 10.8. The second-order valence-electron chi connectivity index (χ2n) is 3.77. The highest BCUT2D eigenvalue weighted by atomic mass is 16.3. The summed E-state index contributed by atoms with van der Waals surface area (Å²) in [7, 11) is 0. The average molecular weight is 207 g/mol. The number of rotatable bonds is 4. The highest BCUT2D eigenvalue weighted by Crippen LogP contribution is 2.11. The summed E-state index contributed by atoms with van der Waals surface area (Å²) in [6, 6.07) is 7.68. The third-order valence-corrected chi connectivity index (χ3v) is 2.13. The topological polar surface area (TPSA) is 49.3 Å². The number of nitrogens with one attached hydrogen (secondary N) is 1. The molecule has 2 N–H and O–H groups in total. The first kappa shape index (κ1) is 11.7. The van der Waals surface area contributed by atoms with Gasteiger partial charge in [-0.2, -0.15) is 0 Å². The van der Waals surface area contributed by atoms with E-state index in [1.165, 1.54) is 12.5 Å². The number of aliphatic hydroxyl groups is 1. The number of carbonyl (C=O) groups excluding carboxylic acids is 1. The molecule has 0 bridgehead atoms. The van der Waals surface area contributed by atoms with Crippen molar-refractivity contribution in [2.45, 2.75) is 32.8 Å². The maximum absolute atomic E-state index is 10.8. The maximum atomic E-state index is 10.8. The Morgan fingerprint density at radius 2 is 2.00 bits per heavy atom. The summed E-state index contributed by atoms with van der Waals surface area (Å²) in [5.74, 6) is -0.0632. The van der Waals surface area contributed by atoms with Crippen molar-refractivity contribution in [2.24, 2.45) is 0 Å². The van der Waals surface area contributed by atoms with Crippen LogP contribution in [0.5, 0.6) is 0 Å². The Morgan fingerprint density at radius 1 is 1.40 bits per heavy atom. The van der Waals surface area contributed by atoms with Crippen LogP contribution in [0.1, 0.15) is 25.8 Å². The van der Waals surface area contributed by atoms with Crippen molar-refractivity contribution in [3.05, 3.63) is 29.8 Å². The Labute approximate surface area is 90.1 Å². The van der Waals surface area contributed by atoms with E-state index >= 15 is 0 Å². The Bertz CT molecular complexity index is 317. The fraction of sp³-hybridized carbons (Fsp3) is 0.417. The van der Waals surface area contributed by atoms with Gasteiger partial charge >= 0.3 is 0 Å². The monoisotopic (exact) mass is 207 g/mol. The molecular formula is C12H17NO2. The predicted molar refractivity (Wildman–Crippen MR) is 60.7 cm³/mol. The van der Waals surface area contributed by atoms with Gasteiger partial charge in [0.15, 0.2) is 0 Å². The van der Waals surface area contributed by atoms with E-state index in [1.54, 1.807) is 6.92 Å². The van der Waals surface area contributed by atoms with Gasteiger partial charge in [-0.05, 0) is 37.5 Å². The van der Waals surface area contributed by atoms with E-state index in [-0.39, 0.29) is 12.0 Å². The molecule has 1 aromatic rings. The van der Waals surface area contributed by atoms with Crippen LogP contribution in [0.15, 0.2) is 24.3 Å². The first-order valence-electron chi connectivity index (χ1n) is 5.12. The summed E-state index contributed by atoms with van der Waals surface area (Å²) in [6.45, 7) is 3.27. The van der Waals surface area contributed by atoms with E-state index in [2.05, 4.69) is 5.32 Å². The van der Waals surface area contributed by atoms with E-state index in [0.717, 1.165) is 18.5 Å². The number of aliphatic hydroxyl groups excluding tert-OH is 1. The molecule has 1 amide bonds. The number of aryl methyl sites for hydroxylation is 1. The Morgan fingerprint density at radius 3 is 2.47 bits per heavy atom. The summed E-state index contributed by atoms with van der Waals surface area (Å²) < 4.78 is 0. The zero-order valence-corrected chi connectivity index (χ0v) is 9.16. The number of anilines is 1. The molecule has 0 aliphatic rings. The van der Waals surface area contributed by atoms with E-state index in [0.29, 0.717) is 0 Å². The van der Waals surface area contributed by atoms with Crippen molar-refractivity contribution in [3.8, 4) is 0 Å². The first-order valence-corrected chi connectivity index (χ1v) is 5.12. The predicted octanol–water partition coefficient (Wildman–Crippen LogP) is 1.96. The lowest BCUT2D eigenvalue weighted by Crippen LogP contribution is -2.05. The number of benzene rings is 1. The fourth-order valence-corrected chi connectivity index (χ4v) is 1.33. The van der Waals surface area contributed by atoms with Crippen molar-refractivity contribution in [3.63, 3.8) is 0 Å². The quantitative estimate of drug-likeness (QED) is 0.793. The molecule has 0 aromatic heterocycles. The van der Waals surface area contributed by atoms with Crippen LogP contribution >= 0.6 is 0 Å². The van der Waals surface area contributed by atoms with Gasteiger partial charge in [-0.25, -0.2) is 0 Å². The molecule has 0 aliphatic heterocycles. The minimum absolute atomic E-state index is 0.0632. The van der Waals surface area contributed by atoms with E-state index in [4.69, 9.17) is 5.11 Å². The van der Waals surface area contributed by atoms with Crippen molar-refractivity contribution in [2.75, 3.05) is 5.32 Å². The molecule has 1 rings (SSSR count). The molecule has 0 saturated carbocycles. The molecule has 0 radical (unpaired) electrons. The smallest absolute Gasteiger partial charge is 0.221 e. The Kier molecular flexibility index (Phi) is 4.31. The maximum Gasteiger partial charge on any atom is 0.221 e. The van der Waals surface area contributed by atoms with Gasteiger partial charge in [0.1, 0.15) is 0 Å². The van der Waals surface area contributed by atoms with Crippen LogP contribution in [0.2, 0.25) is 0 Å². The molecule has 1 aromatic carbocycles. The van der Waals surface area contributed by atoms with Gasteiger partial charge in [0, 0.05) is 12.6 Å². The zero-order valence-electron chi connectivity index (χ0n) is 9.16. The van der Waals surface area contributed by atoms with Crippen LogP contribution in [-0.2, 0) is 11.2 Å².